The van der Waals surface area contributed by atoms with E-state index in [4.69, 9.17) is 19.5 Å². The second kappa shape index (κ2) is 3.30. The summed E-state index contributed by atoms with van der Waals surface area (Å²) in [5, 5.41) is 10.3. The predicted molar refractivity (Wildman–Crippen MR) is 49.9 cm³/mol. The fraction of sp³-hybridized carbons (Fsp3) is 0.833. The number of hydrogen-bond acceptors (Lipinski definition) is 6. The third-order valence-corrected chi connectivity index (χ3v) is 3.18. The van der Waals surface area contributed by atoms with Crippen molar-refractivity contribution in [2.24, 2.45) is 5.73 Å². The van der Waals surface area contributed by atoms with Crippen molar-refractivity contribution in [3.8, 4) is 0 Å². The first-order valence-electron chi connectivity index (χ1n) is 4.44. The lowest BCUT2D eigenvalue weighted by Gasteiger charge is -2.45. The molecule has 1 spiro atoms. The zero-order valence-corrected chi connectivity index (χ0v) is 8.71. The minimum atomic E-state index is -3.91. The molecule has 2 rings (SSSR count). The van der Waals surface area contributed by atoms with Crippen molar-refractivity contribution in [1.29, 1.82) is 5.41 Å². The van der Waals surface area contributed by atoms with Crippen molar-refractivity contribution in [1.82, 2.24) is 10.2 Å². The van der Waals surface area contributed by atoms with Crippen LogP contribution in [0.15, 0.2) is 0 Å². The van der Waals surface area contributed by atoms with Crippen molar-refractivity contribution in [3.63, 3.8) is 0 Å². The number of guanidine groups is 1. The maximum Gasteiger partial charge on any atom is 0.408 e. The van der Waals surface area contributed by atoms with Gasteiger partial charge in [0.25, 0.3) is 0 Å². The Morgan fingerprint density at radius 2 is 2.20 bits per heavy atom. The Hall–Kier alpha value is -0.900. The lowest BCUT2D eigenvalue weighted by molar-refractivity contribution is -0.251. The molecule has 86 valence electrons. The summed E-state index contributed by atoms with van der Waals surface area (Å²) in [7, 11) is -3.91. The number of nitrogens with zero attached hydrogens (tertiary/aromatic N) is 1. The van der Waals surface area contributed by atoms with E-state index in [1.54, 1.807) is 0 Å². The lowest BCUT2D eigenvalue weighted by Crippen LogP contribution is -2.68. The van der Waals surface area contributed by atoms with Crippen molar-refractivity contribution < 1.29 is 16.8 Å². The molecule has 15 heavy (non-hydrogen) atoms. The summed E-state index contributed by atoms with van der Waals surface area (Å²) in [5.41, 5.74) is 5.34. The van der Waals surface area contributed by atoms with Gasteiger partial charge in [0.1, 0.15) is 0 Å². The maximum absolute atomic E-state index is 10.8. The number of hydrogen-bond donors (Lipinski definition) is 3. The molecule has 0 aromatic rings. The van der Waals surface area contributed by atoms with Crippen LogP contribution in [0.2, 0.25) is 0 Å². The molecule has 0 saturated carbocycles. The number of nitrogens with two attached hydrogens (primary N) is 1. The summed E-state index contributed by atoms with van der Waals surface area (Å²) in [4.78, 5) is 1.29. The Balaban J connectivity index is 2.22. The first-order valence-corrected chi connectivity index (χ1v) is 5.77. The molecule has 8 nitrogen and oxygen atoms in total. The van der Waals surface area contributed by atoms with Crippen LogP contribution in [0, 0.1) is 5.41 Å². The molecule has 0 unspecified atom stereocenters. The van der Waals surface area contributed by atoms with Gasteiger partial charge in [0.2, 0.25) is 0 Å². The summed E-state index contributed by atoms with van der Waals surface area (Å²) in [6, 6.07) is 0. The summed E-state index contributed by atoms with van der Waals surface area (Å²) < 4.78 is 31.1. The number of nitrogens with one attached hydrogen (secondary N) is 2. The molecule has 2 aliphatic heterocycles. The smallest absolute Gasteiger partial charge is 0.370 e. The van der Waals surface area contributed by atoms with E-state index in [2.05, 4.69) is 5.32 Å². The average Bonchev–Trinajstić information content (AvgIpc) is 2.24. The van der Waals surface area contributed by atoms with Gasteiger partial charge in [-0.3, -0.25) is 10.3 Å². The summed E-state index contributed by atoms with van der Waals surface area (Å²) in [6.07, 6.45) is 0.730. The van der Waals surface area contributed by atoms with Crippen LogP contribution in [0.25, 0.3) is 0 Å². The van der Waals surface area contributed by atoms with Crippen LogP contribution in [0.1, 0.15) is 6.42 Å². The van der Waals surface area contributed by atoms with Gasteiger partial charge < -0.3 is 11.1 Å². The van der Waals surface area contributed by atoms with E-state index in [9.17, 15) is 8.42 Å². The lowest BCUT2D eigenvalue weighted by atomic mass is 10.4. The number of rotatable bonds is 0. The van der Waals surface area contributed by atoms with E-state index >= 15 is 0 Å². The van der Waals surface area contributed by atoms with E-state index in [1.165, 1.54) is 4.90 Å². The molecule has 0 aromatic heterocycles. The summed E-state index contributed by atoms with van der Waals surface area (Å²) >= 11 is 0. The third-order valence-electron chi connectivity index (χ3n) is 2.25. The standard InChI is InChI=1S/C6H12N4O4S/c7-5(8)10-3-1-2-9-4-6(10)13-15(11,12)14-6/h9H,1-4H2,(H3,7,8). The molecular weight excluding hydrogens is 224 g/mol. The molecule has 9 heteroatoms. The average molecular weight is 236 g/mol. The minimum absolute atomic E-state index is 0.159. The van der Waals surface area contributed by atoms with Gasteiger partial charge >= 0.3 is 16.3 Å². The molecule has 0 radical (unpaired) electrons. The van der Waals surface area contributed by atoms with Gasteiger partial charge in [-0.2, -0.15) is 16.8 Å². The SMILES string of the molecule is N=C(N)N1CCCNCC12OS(=O)(=O)O2. The Morgan fingerprint density at radius 1 is 1.53 bits per heavy atom. The molecule has 2 saturated heterocycles. The zero-order valence-electron chi connectivity index (χ0n) is 7.89. The molecule has 0 atom stereocenters. The van der Waals surface area contributed by atoms with Crippen molar-refractivity contribution in [2.75, 3.05) is 19.6 Å². The fourth-order valence-electron chi connectivity index (χ4n) is 1.65. The van der Waals surface area contributed by atoms with Crippen molar-refractivity contribution >= 4 is 16.4 Å². The maximum atomic E-state index is 10.8. The van der Waals surface area contributed by atoms with Crippen LogP contribution in [0.5, 0.6) is 0 Å². The fourth-order valence-corrected chi connectivity index (χ4v) is 2.60. The van der Waals surface area contributed by atoms with Gasteiger partial charge in [-0.05, 0) is 13.0 Å². The zero-order chi connectivity index (χ0) is 11.1. The van der Waals surface area contributed by atoms with Gasteiger partial charge in [0.15, 0.2) is 5.96 Å². The van der Waals surface area contributed by atoms with E-state index in [0.29, 0.717) is 13.1 Å². The normalized spacial score (nSPS) is 28.1. The largest absolute Gasteiger partial charge is 0.408 e. The first kappa shape index (κ1) is 10.6. The molecule has 0 aliphatic carbocycles. The second-order valence-corrected chi connectivity index (χ2v) is 4.50. The van der Waals surface area contributed by atoms with Crippen LogP contribution < -0.4 is 11.1 Å². The van der Waals surface area contributed by atoms with Gasteiger partial charge in [-0.1, -0.05) is 0 Å². The van der Waals surface area contributed by atoms with Gasteiger partial charge in [0, 0.05) is 6.54 Å². The molecule has 4 N–H and O–H groups in total. The van der Waals surface area contributed by atoms with E-state index < -0.39 is 16.3 Å². The van der Waals surface area contributed by atoms with Crippen LogP contribution in [0.3, 0.4) is 0 Å². The highest BCUT2D eigenvalue weighted by Crippen LogP contribution is 2.34. The predicted octanol–water partition coefficient (Wildman–Crippen LogP) is -1.88. The Bertz CT molecular complexity index is 369. The molecular formula is C6H12N4O4S. The Kier molecular flexibility index (Phi) is 2.34. The molecule has 2 heterocycles. The van der Waals surface area contributed by atoms with E-state index in [-0.39, 0.29) is 12.5 Å². The highest BCUT2D eigenvalue weighted by atomic mass is 32.3. The quantitative estimate of drug-likeness (QED) is 0.333. The summed E-state index contributed by atoms with van der Waals surface area (Å²) in [6.45, 7) is 1.27. The molecule has 2 fully saturated rings. The topological polar surface area (TPSA) is 118 Å². The van der Waals surface area contributed by atoms with Crippen LogP contribution in [-0.4, -0.2) is 44.8 Å². The van der Waals surface area contributed by atoms with Gasteiger partial charge in [-0.25, -0.2) is 0 Å². The minimum Gasteiger partial charge on any atom is -0.370 e. The molecule has 0 amide bonds. The van der Waals surface area contributed by atoms with E-state index in [1.807, 2.05) is 0 Å². The monoisotopic (exact) mass is 236 g/mol. The van der Waals surface area contributed by atoms with Crippen LogP contribution in [0.4, 0.5) is 0 Å². The molecule has 2 aliphatic rings. The van der Waals surface area contributed by atoms with Gasteiger partial charge in [-0.15, -0.1) is 0 Å². The first-order chi connectivity index (χ1) is 6.95. The van der Waals surface area contributed by atoms with Crippen molar-refractivity contribution in [3.05, 3.63) is 0 Å². The van der Waals surface area contributed by atoms with E-state index in [0.717, 1.165) is 6.42 Å². The molecule has 0 aromatic carbocycles. The summed E-state index contributed by atoms with van der Waals surface area (Å²) in [5.74, 6) is -1.73. The van der Waals surface area contributed by atoms with Crippen LogP contribution in [-0.2, 0) is 18.8 Å². The highest BCUT2D eigenvalue weighted by Gasteiger charge is 2.57. The molecule has 0 bridgehead atoms. The van der Waals surface area contributed by atoms with Gasteiger partial charge in [0.05, 0.1) is 6.54 Å². The highest BCUT2D eigenvalue weighted by molar-refractivity contribution is 7.82. The second-order valence-electron chi connectivity index (χ2n) is 3.35. The Morgan fingerprint density at radius 3 is 2.73 bits per heavy atom. The van der Waals surface area contributed by atoms with Crippen LogP contribution >= 0.6 is 0 Å². The van der Waals surface area contributed by atoms with Crippen molar-refractivity contribution in [2.45, 2.75) is 12.3 Å². The Labute approximate surface area is 87.2 Å². The third kappa shape index (κ3) is 1.78.